The smallest absolute Gasteiger partial charge is 0.189 e. The highest BCUT2D eigenvalue weighted by molar-refractivity contribution is 7.98. The van der Waals surface area contributed by atoms with Gasteiger partial charge >= 0.3 is 0 Å². The summed E-state index contributed by atoms with van der Waals surface area (Å²) in [6.45, 7) is 13.8. The highest BCUT2D eigenvalue weighted by atomic mass is 32.2. The first-order valence-corrected chi connectivity index (χ1v) is 13.3. The summed E-state index contributed by atoms with van der Waals surface area (Å²) in [6, 6.07) is 0. The summed E-state index contributed by atoms with van der Waals surface area (Å²) in [7, 11) is 0. The maximum Gasteiger partial charge on any atom is 0.189 e. The predicted molar refractivity (Wildman–Crippen MR) is 129 cm³/mol. The van der Waals surface area contributed by atoms with E-state index in [1.807, 2.05) is 0 Å². The van der Waals surface area contributed by atoms with Crippen molar-refractivity contribution in [1.29, 1.82) is 0 Å². The standard InChI is InChI=1S/C23H31N5OS2/c1-13(2)10-16-15-12-29-23(3,4)11-14(15)17-18-19(31-21(17)25-16)20(27-22(26-18)30-5)28-8-6-24-7-9-28/h13,24H,6-12H2,1-5H3/p+1. The minimum atomic E-state index is -0.175. The van der Waals surface area contributed by atoms with Crippen molar-refractivity contribution < 1.29 is 10.1 Å². The van der Waals surface area contributed by atoms with Crippen molar-refractivity contribution in [2.24, 2.45) is 5.92 Å². The molecule has 0 atom stereocenters. The third-order valence-electron chi connectivity index (χ3n) is 6.23. The molecule has 0 aliphatic carbocycles. The van der Waals surface area contributed by atoms with Crippen LogP contribution in [0.3, 0.4) is 0 Å². The topological polar surface area (TPSA) is 67.8 Å². The molecule has 0 aromatic carbocycles. The molecule has 2 aliphatic rings. The Hall–Kier alpha value is -1.48. The molecule has 5 rings (SSSR count). The maximum atomic E-state index is 6.23. The summed E-state index contributed by atoms with van der Waals surface area (Å²) in [5.41, 5.74) is 4.80. The SMILES string of the molecule is CSc1nc(N2CC[NH2+]CC2)c2sc3nc(CC(C)C)c4c(c3c2n1)CC(C)(C)OC4. The first-order chi connectivity index (χ1) is 14.9. The number of piperazine rings is 1. The van der Waals surface area contributed by atoms with E-state index in [1.54, 1.807) is 23.1 Å². The lowest BCUT2D eigenvalue weighted by Gasteiger charge is -2.33. The molecule has 2 aliphatic heterocycles. The summed E-state index contributed by atoms with van der Waals surface area (Å²) in [4.78, 5) is 18.7. The first-order valence-electron chi connectivity index (χ1n) is 11.3. The monoisotopic (exact) mass is 458 g/mol. The Morgan fingerprint density at radius 2 is 1.94 bits per heavy atom. The van der Waals surface area contributed by atoms with Crippen molar-refractivity contribution >= 4 is 49.3 Å². The average molecular weight is 459 g/mol. The minimum absolute atomic E-state index is 0.175. The number of quaternary nitrogens is 1. The van der Waals surface area contributed by atoms with Crippen LogP contribution in [0.4, 0.5) is 5.82 Å². The van der Waals surface area contributed by atoms with Gasteiger partial charge in [-0.2, -0.15) is 0 Å². The normalized spacial score (nSPS) is 18.8. The number of hydrogen-bond donors (Lipinski definition) is 1. The lowest BCUT2D eigenvalue weighted by atomic mass is 9.88. The Morgan fingerprint density at radius 1 is 1.16 bits per heavy atom. The first kappa shape index (κ1) is 21.4. The van der Waals surface area contributed by atoms with Gasteiger partial charge in [-0.25, -0.2) is 15.0 Å². The number of rotatable bonds is 4. The quantitative estimate of drug-likeness (QED) is 0.477. The number of hydrogen-bond acceptors (Lipinski definition) is 7. The number of aromatic nitrogens is 3. The summed E-state index contributed by atoms with van der Waals surface area (Å²) in [5, 5.41) is 4.47. The molecule has 3 aromatic heterocycles. The van der Waals surface area contributed by atoms with Crippen LogP contribution in [0.5, 0.6) is 0 Å². The van der Waals surface area contributed by atoms with Gasteiger partial charge in [-0.3, -0.25) is 0 Å². The molecule has 0 amide bonds. The number of anilines is 1. The molecule has 0 saturated carbocycles. The second kappa shape index (κ2) is 8.14. The summed E-state index contributed by atoms with van der Waals surface area (Å²) in [6.07, 6.45) is 3.94. The molecule has 31 heavy (non-hydrogen) atoms. The maximum absolute atomic E-state index is 6.23. The van der Waals surface area contributed by atoms with Crippen molar-refractivity contribution in [3.05, 3.63) is 16.8 Å². The average Bonchev–Trinajstić information content (AvgIpc) is 3.10. The van der Waals surface area contributed by atoms with Gasteiger partial charge in [0.15, 0.2) is 11.0 Å². The second-order valence-corrected chi connectivity index (χ2v) is 11.5. The fraction of sp³-hybridized carbons (Fsp3) is 0.609. The lowest BCUT2D eigenvalue weighted by molar-refractivity contribution is -0.655. The Balaban J connectivity index is 1.80. The molecule has 0 radical (unpaired) electrons. The number of pyridine rings is 1. The van der Waals surface area contributed by atoms with Crippen LogP contribution >= 0.6 is 23.1 Å². The molecular formula is C23H32N5OS2+. The zero-order valence-corrected chi connectivity index (χ0v) is 20.8. The van der Waals surface area contributed by atoms with Gasteiger partial charge in [-0.15, -0.1) is 11.3 Å². The van der Waals surface area contributed by atoms with E-state index in [0.29, 0.717) is 12.5 Å². The van der Waals surface area contributed by atoms with Crippen molar-refractivity contribution in [1.82, 2.24) is 15.0 Å². The fourth-order valence-electron chi connectivity index (χ4n) is 4.73. The molecule has 1 saturated heterocycles. The molecule has 2 N–H and O–H groups in total. The summed E-state index contributed by atoms with van der Waals surface area (Å²) < 4.78 is 7.42. The number of thioether (sulfide) groups is 1. The number of nitrogens with zero attached hydrogens (tertiary/aromatic N) is 4. The molecule has 8 heteroatoms. The Morgan fingerprint density at radius 3 is 2.65 bits per heavy atom. The van der Waals surface area contributed by atoms with Gasteiger partial charge in [0.2, 0.25) is 0 Å². The third-order valence-corrected chi connectivity index (χ3v) is 7.84. The van der Waals surface area contributed by atoms with E-state index in [2.05, 4.69) is 44.2 Å². The number of fused-ring (bicyclic) bond motifs is 5. The molecule has 1 fully saturated rings. The molecular weight excluding hydrogens is 426 g/mol. The largest absolute Gasteiger partial charge is 0.370 e. The molecule has 5 heterocycles. The van der Waals surface area contributed by atoms with Crippen molar-refractivity contribution in [2.75, 3.05) is 37.3 Å². The van der Waals surface area contributed by atoms with Gasteiger partial charge in [-0.1, -0.05) is 25.6 Å². The van der Waals surface area contributed by atoms with Crippen LogP contribution in [0.1, 0.15) is 44.5 Å². The Bertz CT molecular complexity index is 1130. The van der Waals surface area contributed by atoms with Gasteiger partial charge in [0, 0.05) is 23.1 Å². The molecule has 6 nitrogen and oxygen atoms in total. The van der Waals surface area contributed by atoms with E-state index >= 15 is 0 Å². The van der Waals surface area contributed by atoms with E-state index in [1.165, 1.54) is 26.9 Å². The number of nitrogens with two attached hydrogens (primary N) is 1. The lowest BCUT2D eigenvalue weighted by Crippen LogP contribution is -2.89. The highest BCUT2D eigenvalue weighted by Crippen LogP contribution is 2.43. The fourth-order valence-corrected chi connectivity index (χ4v) is 6.27. The van der Waals surface area contributed by atoms with Gasteiger partial charge in [0.25, 0.3) is 0 Å². The van der Waals surface area contributed by atoms with Crippen molar-refractivity contribution in [3.8, 4) is 0 Å². The van der Waals surface area contributed by atoms with Crippen LogP contribution < -0.4 is 10.2 Å². The third kappa shape index (κ3) is 3.92. The summed E-state index contributed by atoms with van der Waals surface area (Å²) in [5.74, 6) is 1.65. The highest BCUT2D eigenvalue weighted by Gasteiger charge is 2.32. The Kier molecular flexibility index (Phi) is 5.61. The molecule has 0 spiro atoms. The zero-order chi connectivity index (χ0) is 21.8. The minimum Gasteiger partial charge on any atom is -0.370 e. The number of ether oxygens (including phenoxy) is 1. The van der Waals surface area contributed by atoms with Crippen molar-refractivity contribution in [2.45, 2.75) is 57.9 Å². The second-order valence-electron chi connectivity index (χ2n) is 9.69. The van der Waals surface area contributed by atoms with Gasteiger partial charge < -0.3 is 15.0 Å². The van der Waals surface area contributed by atoms with E-state index in [-0.39, 0.29) is 5.60 Å². The summed E-state index contributed by atoms with van der Waals surface area (Å²) >= 11 is 3.40. The van der Waals surface area contributed by atoms with Gasteiger partial charge in [0.1, 0.15) is 4.83 Å². The Labute approximate surface area is 192 Å². The van der Waals surface area contributed by atoms with Gasteiger partial charge in [0.05, 0.1) is 48.6 Å². The van der Waals surface area contributed by atoms with Gasteiger partial charge in [-0.05, 0) is 38.0 Å². The van der Waals surface area contributed by atoms with Crippen LogP contribution in [0, 0.1) is 5.92 Å². The van der Waals surface area contributed by atoms with Crippen LogP contribution in [0.25, 0.3) is 20.4 Å². The van der Waals surface area contributed by atoms with E-state index < -0.39 is 0 Å². The molecule has 0 unspecified atom stereocenters. The van der Waals surface area contributed by atoms with Crippen LogP contribution in [0.2, 0.25) is 0 Å². The van der Waals surface area contributed by atoms with Crippen LogP contribution in [0.15, 0.2) is 5.16 Å². The molecule has 3 aromatic rings. The van der Waals surface area contributed by atoms with Crippen LogP contribution in [-0.2, 0) is 24.2 Å². The molecule has 0 bridgehead atoms. The van der Waals surface area contributed by atoms with Crippen molar-refractivity contribution in [3.63, 3.8) is 0 Å². The molecule has 166 valence electrons. The van der Waals surface area contributed by atoms with Crippen LogP contribution in [-0.4, -0.2) is 53.0 Å². The van der Waals surface area contributed by atoms with E-state index in [4.69, 9.17) is 19.7 Å². The number of thiophene rings is 1. The predicted octanol–water partition coefficient (Wildman–Crippen LogP) is 3.39. The van der Waals surface area contributed by atoms with E-state index in [0.717, 1.165) is 60.3 Å². The zero-order valence-electron chi connectivity index (χ0n) is 19.1. The van der Waals surface area contributed by atoms with E-state index in [9.17, 15) is 0 Å².